The predicted molar refractivity (Wildman–Crippen MR) is 102 cm³/mol. The Balaban J connectivity index is 1.73. The Morgan fingerprint density at radius 1 is 1.12 bits per heavy atom. The molecule has 0 radical (unpaired) electrons. The number of imidazole rings is 1. The van der Waals surface area contributed by atoms with Gasteiger partial charge in [-0.2, -0.15) is 0 Å². The molecular formula is C17H17BrN2O2S2. The minimum absolute atomic E-state index is 0.0895. The van der Waals surface area contributed by atoms with Crippen molar-refractivity contribution in [1.29, 1.82) is 0 Å². The van der Waals surface area contributed by atoms with E-state index < -0.39 is 9.84 Å². The van der Waals surface area contributed by atoms with Crippen molar-refractivity contribution in [2.24, 2.45) is 0 Å². The van der Waals surface area contributed by atoms with Crippen molar-refractivity contribution in [2.45, 2.75) is 23.5 Å². The quantitative estimate of drug-likeness (QED) is 0.550. The minimum Gasteiger partial charge on any atom is -0.319 e. The lowest BCUT2D eigenvalue weighted by Gasteiger charge is -2.06. The normalized spacial score (nSPS) is 11.9. The molecule has 0 spiro atoms. The highest BCUT2D eigenvalue weighted by atomic mass is 79.9. The first-order valence-electron chi connectivity index (χ1n) is 7.57. The highest BCUT2D eigenvalue weighted by Crippen LogP contribution is 2.25. The van der Waals surface area contributed by atoms with Crippen LogP contribution in [0.2, 0.25) is 0 Å². The third-order valence-electron chi connectivity index (χ3n) is 3.69. The molecule has 0 aliphatic rings. The molecule has 126 valence electrons. The Labute approximate surface area is 154 Å². The van der Waals surface area contributed by atoms with E-state index >= 15 is 0 Å². The van der Waals surface area contributed by atoms with E-state index in [9.17, 15) is 8.42 Å². The minimum atomic E-state index is -3.28. The zero-order chi connectivity index (χ0) is 17.2. The van der Waals surface area contributed by atoms with Gasteiger partial charge in [-0.25, -0.2) is 13.4 Å². The largest absolute Gasteiger partial charge is 0.319 e. The molecule has 0 bridgehead atoms. The van der Waals surface area contributed by atoms with E-state index in [-0.39, 0.29) is 5.75 Å². The van der Waals surface area contributed by atoms with Crippen molar-refractivity contribution in [1.82, 2.24) is 9.55 Å². The molecule has 1 aromatic heterocycles. The van der Waals surface area contributed by atoms with Gasteiger partial charge in [0.2, 0.25) is 0 Å². The number of para-hydroxylation sites is 2. The van der Waals surface area contributed by atoms with Crippen LogP contribution in [0, 0.1) is 0 Å². The monoisotopic (exact) mass is 424 g/mol. The standard InChI is InChI=1S/C17H17BrN2O2S2/c1-2-20-16-6-4-3-5-15(16)19-17(20)23-11-12-24(21,22)14-9-7-13(18)8-10-14/h3-10H,2,11-12H2,1H3. The summed E-state index contributed by atoms with van der Waals surface area (Å²) in [5.41, 5.74) is 2.02. The van der Waals surface area contributed by atoms with E-state index in [0.29, 0.717) is 10.6 Å². The van der Waals surface area contributed by atoms with Crippen molar-refractivity contribution < 1.29 is 8.42 Å². The zero-order valence-corrected chi connectivity index (χ0v) is 16.4. The summed E-state index contributed by atoms with van der Waals surface area (Å²) in [7, 11) is -3.28. The van der Waals surface area contributed by atoms with Crippen molar-refractivity contribution in [3.05, 3.63) is 53.0 Å². The van der Waals surface area contributed by atoms with Crippen molar-refractivity contribution in [3.8, 4) is 0 Å². The second-order valence-corrected chi connectivity index (χ2v) is 9.34. The molecule has 0 aliphatic heterocycles. The lowest BCUT2D eigenvalue weighted by Crippen LogP contribution is -2.09. The summed E-state index contributed by atoms with van der Waals surface area (Å²) >= 11 is 4.80. The molecule has 1 heterocycles. The molecule has 7 heteroatoms. The Kier molecular flexibility index (Phi) is 5.32. The van der Waals surface area contributed by atoms with Gasteiger partial charge >= 0.3 is 0 Å². The van der Waals surface area contributed by atoms with Crippen LogP contribution in [0.1, 0.15) is 6.92 Å². The molecule has 3 aromatic rings. The summed E-state index contributed by atoms with van der Waals surface area (Å²) in [6.45, 7) is 2.87. The summed E-state index contributed by atoms with van der Waals surface area (Å²) in [6.07, 6.45) is 0. The van der Waals surface area contributed by atoms with E-state index in [4.69, 9.17) is 0 Å². The molecule has 3 rings (SSSR count). The first kappa shape index (κ1) is 17.5. The highest BCUT2D eigenvalue weighted by molar-refractivity contribution is 9.10. The van der Waals surface area contributed by atoms with E-state index in [1.54, 1.807) is 24.3 Å². The number of benzene rings is 2. The molecule has 0 amide bonds. The predicted octanol–water partition coefficient (Wildman–Crippen LogP) is 4.38. The topological polar surface area (TPSA) is 52.0 Å². The number of hydrogen-bond acceptors (Lipinski definition) is 4. The number of thioether (sulfide) groups is 1. The molecule has 2 aromatic carbocycles. The maximum absolute atomic E-state index is 12.4. The van der Waals surface area contributed by atoms with Crippen LogP contribution in [0.25, 0.3) is 11.0 Å². The van der Waals surface area contributed by atoms with Crippen LogP contribution >= 0.6 is 27.7 Å². The van der Waals surface area contributed by atoms with Crippen LogP contribution < -0.4 is 0 Å². The van der Waals surface area contributed by atoms with Gasteiger partial charge in [0.25, 0.3) is 0 Å². The Morgan fingerprint density at radius 2 is 1.83 bits per heavy atom. The van der Waals surface area contributed by atoms with Gasteiger partial charge in [0.15, 0.2) is 15.0 Å². The number of aromatic nitrogens is 2. The number of aryl methyl sites for hydroxylation is 1. The second kappa shape index (κ2) is 7.29. The number of sulfone groups is 1. The summed E-state index contributed by atoms with van der Waals surface area (Å²) in [4.78, 5) is 4.97. The second-order valence-electron chi connectivity index (χ2n) is 5.25. The van der Waals surface area contributed by atoms with Crippen LogP contribution in [0.4, 0.5) is 0 Å². The van der Waals surface area contributed by atoms with Gasteiger partial charge < -0.3 is 4.57 Å². The average Bonchev–Trinajstić information content (AvgIpc) is 2.92. The number of hydrogen-bond donors (Lipinski definition) is 0. The van der Waals surface area contributed by atoms with Crippen LogP contribution in [0.5, 0.6) is 0 Å². The maximum atomic E-state index is 12.4. The summed E-state index contributed by atoms with van der Waals surface area (Å²) in [5.74, 6) is 0.563. The Hall–Kier alpha value is -1.31. The number of rotatable bonds is 6. The number of nitrogens with zero attached hydrogens (tertiary/aromatic N) is 2. The van der Waals surface area contributed by atoms with Crippen LogP contribution in [-0.2, 0) is 16.4 Å². The molecule has 0 aliphatic carbocycles. The molecule has 4 nitrogen and oxygen atoms in total. The fourth-order valence-electron chi connectivity index (χ4n) is 2.47. The maximum Gasteiger partial charge on any atom is 0.179 e. The Morgan fingerprint density at radius 3 is 2.54 bits per heavy atom. The third kappa shape index (κ3) is 3.68. The average molecular weight is 425 g/mol. The van der Waals surface area contributed by atoms with E-state index in [0.717, 1.165) is 27.2 Å². The molecule has 0 fully saturated rings. The first-order chi connectivity index (χ1) is 11.5. The number of fused-ring (bicyclic) bond motifs is 1. The van der Waals surface area contributed by atoms with Crippen LogP contribution in [0.15, 0.2) is 63.1 Å². The number of halogens is 1. The fraction of sp³-hybridized carbons (Fsp3) is 0.235. The molecule has 0 unspecified atom stereocenters. The van der Waals surface area contributed by atoms with Gasteiger partial charge in [0, 0.05) is 16.8 Å². The third-order valence-corrected chi connectivity index (χ3v) is 7.19. The highest BCUT2D eigenvalue weighted by Gasteiger charge is 2.16. The lowest BCUT2D eigenvalue weighted by atomic mass is 10.3. The smallest absolute Gasteiger partial charge is 0.179 e. The van der Waals surface area contributed by atoms with Crippen molar-refractivity contribution in [2.75, 3.05) is 11.5 Å². The fourth-order valence-corrected chi connectivity index (χ4v) is 5.46. The van der Waals surface area contributed by atoms with Gasteiger partial charge in [-0.15, -0.1) is 0 Å². The SMILES string of the molecule is CCn1c(SCCS(=O)(=O)c2ccc(Br)cc2)nc2ccccc21. The molecule has 24 heavy (non-hydrogen) atoms. The van der Waals surface area contributed by atoms with Gasteiger partial charge in [-0.3, -0.25) is 0 Å². The molecular weight excluding hydrogens is 408 g/mol. The molecule has 0 N–H and O–H groups in total. The van der Waals surface area contributed by atoms with E-state index in [1.165, 1.54) is 11.8 Å². The zero-order valence-electron chi connectivity index (χ0n) is 13.1. The van der Waals surface area contributed by atoms with Gasteiger partial charge in [0.1, 0.15) is 0 Å². The van der Waals surface area contributed by atoms with Crippen molar-refractivity contribution in [3.63, 3.8) is 0 Å². The lowest BCUT2D eigenvalue weighted by molar-refractivity contribution is 0.597. The van der Waals surface area contributed by atoms with Crippen LogP contribution in [0.3, 0.4) is 0 Å². The van der Waals surface area contributed by atoms with E-state index in [1.807, 2.05) is 24.3 Å². The molecule has 0 saturated carbocycles. The molecule has 0 atom stereocenters. The summed E-state index contributed by atoms with van der Waals surface area (Å²) in [6, 6.07) is 14.7. The summed E-state index contributed by atoms with van der Waals surface area (Å²) in [5, 5.41) is 0.865. The van der Waals surface area contributed by atoms with E-state index in [2.05, 4.69) is 32.4 Å². The molecule has 0 saturated heterocycles. The van der Waals surface area contributed by atoms with Gasteiger partial charge in [-0.1, -0.05) is 39.8 Å². The Bertz CT molecular complexity index is 950. The van der Waals surface area contributed by atoms with Crippen molar-refractivity contribution >= 4 is 48.6 Å². The summed E-state index contributed by atoms with van der Waals surface area (Å²) < 4.78 is 27.8. The first-order valence-corrected chi connectivity index (χ1v) is 11.0. The van der Waals surface area contributed by atoms with Gasteiger partial charge in [0.05, 0.1) is 21.7 Å². The van der Waals surface area contributed by atoms with Gasteiger partial charge in [-0.05, 0) is 43.3 Å². The van der Waals surface area contributed by atoms with Crippen LogP contribution in [-0.4, -0.2) is 29.5 Å².